The van der Waals surface area contributed by atoms with Crippen LogP contribution in [0.25, 0.3) is 10.9 Å². The second-order valence-corrected chi connectivity index (χ2v) is 13.6. The van der Waals surface area contributed by atoms with Crippen molar-refractivity contribution in [2.24, 2.45) is 28.2 Å². The highest BCUT2D eigenvalue weighted by Crippen LogP contribution is 2.61. The Labute approximate surface area is 254 Å². The van der Waals surface area contributed by atoms with E-state index in [-0.39, 0.29) is 11.4 Å². The number of anilines is 1. The van der Waals surface area contributed by atoms with Gasteiger partial charge in [0, 0.05) is 37.4 Å². The normalized spacial score (nSPS) is 26.6. The third kappa shape index (κ3) is 5.64. The molecular weight excluding hydrogens is 543 g/mol. The Morgan fingerprint density at radius 3 is 2.70 bits per heavy atom. The van der Waals surface area contributed by atoms with E-state index in [0.717, 1.165) is 49.4 Å². The second kappa shape index (κ2) is 11.6. The molecule has 1 aromatic heterocycles. The lowest BCUT2D eigenvalue weighted by Crippen LogP contribution is -2.56. The second-order valence-electron chi connectivity index (χ2n) is 13.6. The van der Waals surface area contributed by atoms with E-state index in [1.807, 2.05) is 18.2 Å². The minimum Gasteiger partial charge on any atom is -0.497 e. The van der Waals surface area contributed by atoms with Gasteiger partial charge in [-0.25, -0.2) is 14.4 Å². The summed E-state index contributed by atoms with van der Waals surface area (Å²) in [6, 6.07) is 11.3. The Kier molecular flexibility index (Phi) is 7.96. The van der Waals surface area contributed by atoms with Gasteiger partial charge in [-0.3, -0.25) is 9.36 Å². The third-order valence-electron chi connectivity index (χ3n) is 10.8. The lowest BCUT2D eigenvalue weighted by Gasteiger charge is -2.61. The summed E-state index contributed by atoms with van der Waals surface area (Å²) in [6.45, 7) is 9.47. The molecule has 1 aliphatic heterocycles. The van der Waals surface area contributed by atoms with Gasteiger partial charge >= 0.3 is 0 Å². The van der Waals surface area contributed by atoms with E-state index >= 15 is 0 Å². The maximum absolute atomic E-state index is 14.4. The average Bonchev–Trinajstić information content (AvgIpc) is 3.48. The van der Waals surface area contributed by atoms with Crippen LogP contribution in [0.5, 0.6) is 5.75 Å². The molecule has 9 heteroatoms. The van der Waals surface area contributed by atoms with Crippen molar-refractivity contribution in [1.82, 2.24) is 19.4 Å². The van der Waals surface area contributed by atoms with Gasteiger partial charge in [0.05, 0.1) is 30.4 Å². The molecule has 1 saturated heterocycles. The molecular formula is C34H45FN6O2. The summed E-state index contributed by atoms with van der Waals surface area (Å²) in [5.74, 6) is 3.07. The lowest BCUT2D eigenvalue weighted by molar-refractivity contribution is -0.108. The van der Waals surface area contributed by atoms with Crippen molar-refractivity contribution in [2.45, 2.75) is 65.1 Å². The largest absolute Gasteiger partial charge is 0.497 e. The molecule has 2 heterocycles. The number of likely N-dealkylation sites (tertiary alicyclic amines) is 1. The number of aromatic nitrogens is 2. The standard InChI is InChI=1S/C34H45FN6O2/c1-21-28-15-23(34(28,2)3)16-30(21)38-33(40-14-12-25(19-40)39(4)5)37-24-8-10-27-31(17-24)36-20-41(32(27)42)13-11-22-7-9-26(43-6)18-29(22)35/h7-10,17-18,20-21,23,25,28,30H,11-16,19H2,1-6H3,(H,37,38). The van der Waals surface area contributed by atoms with E-state index in [1.165, 1.54) is 19.6 Å². The molecule has 5 atom stereocenters. The van der Waals surface area contributed by atoms with Crippen molar-refractivity contribution in [3.05, 3.63) is 64.5 Å². The molecule has 0 radical (unpaired) electrons. The zero-order valence-electron chi connectivity index (χ0n) is 26.3. The number of nitrogens with one attached hydrogen (secondary N) is 1. The van der Waals surface area contributed by atoms with Crippen LogP contribution in [0.3, 0.4) is 0 Å². The molecule has 230 valence electrons. The Morgan fingerprint density at radius 2 is 2.02 bits per heavy atom. The molecule has 0 amide bonds. The number of methoxy groups -OCH3 is 1. The molecule has 5 unspecified atom stereocenters. The van der Waals surface area contributed by atoms with E-state index in [9.17, 15) is 9.18 Å². The van der Waals surface area contributed by atoms with Gasteiger partial charge < -0.3 is 19.9 Å². The van der Waals surface area contributed by atoms with Crippen LogP contribution < -0.4 is 15.6 Å². The first-order valence-corrected chi connectivity index (χ1v) is 15.6. The highest BCUT2D eigenvalue weighted by Gasteiger charge is 2.56. The van der Waals surface area contributed by atoms with Gasteiger partial charge in [0.15, 0.2) is 5.96 Å². The summed E-state index contributed by atoms with van der Waals surface area (Å²) >= 11 is 0. The molecule has 4 aliphatic rings. The van der Waals surface area contributed by atoms with E-state index in [0.29, 0.717) is 58.6 Å². The fourth-order valence-corrected chi connectivity index (χ4v) is 7.62. The highest BCUT2D eigenvalue weighted by molar-refractivity contribution is 5.96. The van der Waals surface area contributed by atoms with Gasteiger partial charge in [0.1, 0.15) is 11.6 Å². The summed E-state index contributed by atoms with van der Waals surface area (Å²) in [6.07, 6.45) is 5.51. The predicted molar refractivity (Wildman–Crippen MR) is 170 cm³/mol. The first-order valence-electron chi connectivity index (χ1n) is 15.6. The number of hydrogen-bond donors (Lipinski definition) is 1. The quantitative estimate of drug-likeness (QED) is 0.300. The van der Waals surface area contributed by atoms with Gasteiger partial charge in [-0.1, -0.05) is 26.8 Å². The van der Waals surface area contributed by atoms with Crippen molar-refractivity contribution in [2.75, 3.05) is 39.6 Å². The number of halogens is 1. The van der Waals surface area contributed by atoms with Gasteiger partial charge in [-0.05, 0) is 92.8 Å². The summed E-state index contributed by atoms with van der Waals surface area (Å²) in [5, 5.41) is 4.18. The van der Waals surface area contributed by atoms with Crippen LogP contribution in [0.2, 0.25) is 0 Å². The summed E-state index contributed by atoms with van der Waals surface area (Å²) in [7, 11) is 5.80. The first-order chi connectivity index (χ1) is 20.5. The maximum Gasteiger partial charge on any atom is 0.261 e. The maximum atomic E-state index is 14.4. The summed E-state index contributed by atoms with van der Waals surface area (Å²) in [5.41, 5.74) is 2.32. The number of ether oxygens (including phenoxy) is 1. The summed E-state index contributed by atoms with van der Waals surface area (Å²) in [4.78, 5) is 28.0. The number of rotatable bonds is 7. The summed E-state index contributed by atoms with van der Waals surface area (Å²) < 4.78 is 21.1. The fraction of sp³-hybridized carbons (Fsp3) is 0.559. The van der Waals surface area contributed by atoms with Crippen molar-refractivity contribution >= 4 is 22.5 Å². The number of aliphatic imine (C=N–C) groups is 1. The van der Waals surface area contributed by atoms with E-state index in [2.05, 4.69) is 55.0 Å². The number of benzene rings is 2. The van der Waals surface area contributed by atoms with Crippen LogP contribution in [0.4, 0.5) is 10.1 Å². The van der Waals surface area contributed by atoms with E-state index in [4.69, 9.17) is 9.73 Å². The number of fused-ring (bicyclic) bond motifs is 3. The van der Waals surface area contributed by atoms with Crippen LogP contribution in [-0.2, 0) is 13.0 Å². The van der Waals surface area contributed by atoms with Crippen molar-refractivity contribution in [3.63, 3.8) is 0 Å². The average molecular weight is 589 g/mol. The third-order valence-corrected chi connectivity index (χ3v) is 10.8. The van der Waals surface area contributed by atoms with Gasteiger partial charge in [0.2, 0.25) is 0 Å². The smallest absolute Gasteiger partial charge is 0.261 e. The number of aryl methyl sites for hydroxylation is 2. The topological polar surface area (TPSA) is 75.0 Å². The molecule has 8 nitrogen and oxygen atoms in total. The monoisotopic (exact) mass is 588 g/mol. The van der Waals surface area contributed by atoms with Crippen LogP contribution in [-0.4, -0.2) is 71.7 Å². The first kappa shape index (κ1) is 29.6. The molecule has 2 aromatic carbocycles. The van der Waals surface area contributed by atoms with Crippen molar-refractivity contribution in [3.8, 4) is 5.75 Å². The fourth-order valence-electron chi connectivity index (χ4n) is 7.62. The molecule has 7 rings (SSSR count). The van der Waals surface area contributed by atoms with Crippen LogP contribution in [0.1, 0.15) is 45.6 Å². The minimum absolute atomic E-state index is 0.134. The zero-order chi connectivity index (χ0) is 30.5. The Morgan fingerprint density at radius 1 is 1.21 bits per heavy atom. The number of guanidine groups is 1. The number of nitrogens with zero attached hydrogens (tertiary/aromatic N) is 5. The molecule has 1 N–H and O–H groups in total. The SMILES string of the molecule is COc1ccc(CCn2cnc3cc(NC(=NC4CC5CC(C4C)C5(C)C)N4CCC(N(C)C)C4)ccc3c2=O)c(F)c1. The molecule has 2 bridgehead atoms. The van der Waals surface area contributed by atoms with Gasteiger partial charge in [0.25, 0.3) is 5.56 Å². The van der Waals surface area contributed by atoms with Crippen LogP contribution in [0, 0.1) is 29.0 Å². The molecule has 3 aromatic rings. The molecule has 43 heavy (non-hydrogen) atoms. The molecule has 3 aliphatic carbocycles. The van der Waals surface area contributed by atoms with Crippen LogP contribution in [0.15, 0.2) is 52.5 Å². The zero-order valence-corrected chi connectivity index (χ0v) is 26.3. The minimum atomic E-state index is -0.340. The molecule has 4 fully saturated rings. The van der Waals surface area contributed by atoms with Gasteiger partial charge in [-0.15, -0.1) is 0 Å². The lowest BCUT2D eigenvalue weighted by atomic mass is 9.45. The van der Waals surface area contributed by atoms with E-state index in [1.54, 1.807) is 23.0 Å². The van der Waals surface area contributed by atoms with E-state index < -0.39 is 0 Å². The van der Waals surface area contributed by atoms with Crippen molar-refractivity contribution in [1.29, 1.82) is 0 Å². The van der Waals surface area contributed by atoms with Gasteiger partial charge in [-0.2, -0.15) is 0 Å². The Bertz CT molecular complexity index is 1580. The Hall–Kier alpha value is -3.46. The number of hydrogen-bond acceptors (Lipinski definition) is 5. The van der Waals surface area contributed by atoms with Crippen molar-refractivity contribution < 1.29 is 9.13 Å². The Balaban J connectivity index is 1.22. The predicted octanol–water partition coefficient (Wildman–Crippen LogP) is 5.26. The molecule has 0 spiro atoms. The van der Waals surface area contributed by atoms with Crippen LogP contribution >= 0.6 is 0 Å². The molecule has 3 saturated carbocycles. The number of likely N-dealkylation sites (N-methyl/N-ethyl adjacent to an activating group) is 1. The highest BCUT2D eigenvalue weighted by atomic mass is 19.1.